The van der Waals surface area contributed by atoms with E-state index in [0.29, 0.717) is 6.54 Å². The largest absolute Gasteiger partial charge is 0.394 e. The van der Waals surface area contributed by atoms with Crippen LogP contribution in [0.2, 0.25) is 0 Å². The Hall–Kier alpha value is -0.640. The Bertz CT molecular complexity index is 37.8. The van der Waals surface area contributed by atoms with E-state index in [1.807, 2.05) is 0 Å². The van der Waals surface area contributed by atoms with Crippen LogP contribution >= 0.6 is 0 Å². The molecule has 0 amide bonds. The summed E-state index contributed by atoms with van der Waals surface area (Å²) in [6.45, 7) is 0.395. The number of aliphatic hydroxyl groups excluding tert-OH is 1. The fraction of sp³-hybridized carbons (Fsp3) is 1.00. The summed E-state index contributed by atoms with van der Waals surface area (Å²) in [5.74, 6) is 0. The van der Waals surface area contributed by atoms with Crippen LogP contribution in [-0.2, 0) is 0 Å². The molecule has 0 spiro atoms. The number of hydrogen-bond donors (Lipinski definition) is 3. The summed E-state index contributed by atoms with van der Waals surface area (Å²) < 4.78 is 0. The Balaban J connectivity index is 2.49. The molecule has 0 saturated heterocycles. The van der Waals surface area contributed by atoms with Crippen molar-refractivity contribution in [3.63, 3.8) is 0 Å². The third-order valence-electron chi connectivity index (χ3n) is 0.303. The van der Waals surface area contributed by atoms with Crippen molar-refractivity contribution >= 4 is 0 Å². The van der Waals surface area contributed by atoms with E-state index < -0.39 is 0 Å². The quantitative estimate of drug-likeness (QED) is 0.248. The summed E-state index contributed by atoms with van der Waals surface area (Å²) in [4.78, 5) is 0. The predicted molar refractivity (Wildman–Crippen MR) is 20.2 cm³/mol. The molecule has 0 heterocycles. The van der Waals surface area contributed by atoms with Gasteiger partial charge in [0.05, 0.1) is 13.2 Å². The molecule has 0 bridgehead atoms. The highest BCUT2D eigenvalue weighted by molar-refractivity contribution is 4.26. The molecular weight excluding hydrogens is 82.0 g/mol. The Kier molecular flexibility index (Phi) is 3.89. The third kappa shape index (κ3) is 3.36. The molecule has 36 valence electrons. The second-order valence-corrected chi connectivity index (χ2v) is 0.744. The maximum Gasteiger partial charge on any atom is 0.0621 e. The number of nitrogens with zero attached hydrogens (tertiary/aromatic N) is 1. The molecule has 0 aromatic heterocycles. The van der Waals surface area contributed by atoms with Crippen molar-refractivity contribution < 1.29 is 5.11 Å². The maximum absolute atomic E-state index is 7.99. The second-order valence-electron chi connectivity index (χ2n) is 0.744. The topological polar surface area (TPSA) is 68.5 Å². The highest BCUT2D eigenvalue weighted by atomic mass is 16.3. The fourth-order valence-electron chi connectivity index (χ4n) is 0.106. The summed E-state index contributed by atoms with van der Waals surface area (Å²) in [6.07, 6.45) is 0. The number of nitrogens with one attached hydrogen (secondary N) is 2. The summed E-state index contributed by atoms with van der Waals surface area (Å²) in [7, 11) is 0. The molecule has 0 rings (SSSR count). The molecule has 0 aliphatic rings. The molecule has 0 saturated carbocycles. The molecule has 0 unspecified atom stereocenters. The van der Waals surface area contributed by atoms with Crippen molar-refractivity contribution in [1.29, 1.82) is 5.53 Å². The molecule has 6 heavy (non-hydrogen) atoms. The van der Waals surface area contributed by atoms with Crippen LogP contribution in [0.15, 0.2) is 5.22 Å². The monoisotopic (exact) mass is 89.1 g/mol. The van der Waals surface area contributed by atoms with Crippen LogP contribution in [0.5, 0.6) is 0 Å². The van der Waals surface area contributed by atoms with Crippen molar-refractivity contribution in [2.75, 3.05) is 13.2 Å². The van der Waals surface area contributed by atoms with Gasteiger partial charge in [-0.3, -0.25) is 5.43 Å². The van der Waals surface area contributed by atoms with Gasteiger partial charge in [-0.05, 0) is 0 Å². The van der Waals surface area contributed by atoms with E-state index in [-0.39, 0.29) is 6.61 Å². The standard InChI is InChI=1S/C2H7N3O/c3-5-4-1-2-6/h6H,1-2H2,(H2,3,4). The lowest BCUT2D eigenvalue weighted by Gasteiger charge is -1.86. The average molecular weight is 89.1 g/mol. The lowest BCUT2D eigenvalue weighted by molar-refractivity contribution is 0.291. The summed E-state index contributed by atoms with van der Waals surface area (Å²) >= 11 is 0. The second kappa shape index (κ2) is 4.36. The first-order valence-electron chi connectivity index (χ1n) is 1.62. The van der Waals surface area contributed by atoms with E-state index in [1.165, 1.54) is 0 Å². The minimum atomic E-state index is 0.0301. The Morgan fingerprint density at radius 2 is 2.50 bits per heavy atom. The Morgan fingerprint density at radius 1 is 1.83 bits per heavy atom. The zero-order valence-corrected chi connectivity index (χ0v) is 3.31. The minimum absolute atomic E-state index is 0.0301. The third-order valence-corrected chi connectivity index (χ3v) is 0.303. The van der Waals surface area contributed by atoms with Gasteiger partial charge in [-0.15, -0.1) is 0 Å². The van der Waals surface area contributed by atoms with E-state index >= 15 is 0 Å². The molecule has 0 radical (unpaired) electrons. The van der Waals surface area contributed by atoms with E-state index in [9.17, 15) is 0 Å². The molecular formula is C2H7N3O. The average Bonchev–Trinajstić information content (AvgIpc) is 1.61. The number of hydrogen-bond acceptors (Lipinski definition) is 3. The van der Waals surface area contributed by atoms with Crippen molar-refractivity contribution in [2.45, 2.75) is 0 Å². The van der Waals surface area contributed by atoms with Gasteiger partial charge in [0, 0.05) is 0 Å². The van der Waals surface area contributed by atoms with Crippen molar-refractivity contribution in [1.82, 2.24) is 5.43 Å². The van der Waals surface area contributed by atoms with E-state index in [0.717, 1.165) is 0 Å². The van der Waals surface area contributed by atoms with E-state index in [4.69, 9.17) is 10.6 Å². The van der Waals surface area contributed by atoms with Gasteiger partial charge in [-0.25, -0.2) is 0 Å². The fourth-order valence-corrected chi connectivity index (χ4v) is 0.106. The summed E-state index contributed by atoms with van der Waals surface area (Å²) in [5, 5.41) is 10.8. The molecule has 4 heteroatoms. The minimum Gasteiger partial charge on any atom is -0.394 e. The van der Waals surface area contributed by atoms with Crippen molar-refractivity contribution in [2.24, 2.45) is 5.22 Å². The first-order chi connectivity index (χ1) is 2.91. The van der Waals surface area contributed by atoms with Crippen LogP contribution in [0.3, 0.4) is 0 Å². The number of aliphatic hydroxyl groups is 1. The first kappa shape index (κ1) is 5.36. The molecule has 0 fully saturated rings. The first-order valence-corrected chi connectivity index (χ1v) is 1.62. The Labute approximate surface area is 35.7 Å². The number of rotatable bonds is 3. The van der Waals surface area contributed by atoms with E-state index in [2.05, 4.69) is 10.6 Å². The van der Waals surface area contributed by atoms with Gasteiger partial charge in [0.1, 0.15) is 0 Å². The smallest absolute Gasteiger partial charge is 0.0621 e. The molecule has 4 nitrogen and oxygen atoms in total. The summed E-state index contributed by atoms with van der Waals surface area (Å²) in [6, 6.07) is 0. The molecule has 3 N–H and O–H groups in total. The normalized spacial score (nSPS) is 7.50. The van der Waals surface area contributed by atoms with E-state index in [1.54, 1.807) is 0 Å². The molecule has 0 aliphatic carbocycles. The van der Waals surface area contributed by atoms with Crippen LogP contribution in [0.25, 0.3) is 0 Å². The van der Waals surface area contributed by atoms with Crippen LogP contribution in [-0.4, -0.2) is 18.3 Å². The predicted octanol–water partition coefficient (Wildman–Crippen LogP) is -0.486. The molecule has 0 atom stereocenters. The van der Waals surface area contributed by atoms with Crippen LogP contribution in [0.1, 0.15) is 0 Å². The van der Waals surface area contributed by atoms with Gasteiger partial charge in [-0.1, -0.05) is 5.22 Å². The van der Waals surface area contributed by atoms with Gasteiger partial charge < -0.3 is 5.11 Å². The highest BCUT2D eigenvalue weighted by Crippen LogP contribution is 1.51. The lowest BCUT2D eigenvalue weighted by atomic mass is 10.7. The highest BCUT2D eigenvalue weighted by Gasteiger charge is 1.69. The summed E-state index contributed by atoms with van der Waals surface area (Å²) in [5.41, 5.74) is 8.35. The van der Waals surface area contributed by atoms with Gasteiger partial charge in [-0.2, -0.15) is 5.53 Å². The maximum atomic E-state index is 7.99. The molecule has 0 aromatic carbocycles. The van der Waals surface area contributed by atoms with Crippen LogP contribution < -0.4 is 5.43 Å². The van der Waals surface area contributed by atoms with Gasteiger partial charge >= 0.3 is 0 Å². The zero-order chi connectivity index (χ0) is 4.83. The van der Waals surface area contributed by atoms with Crippen LogP contribution in [0.4, 0.5) is 0 Å². The van der Waals surface area contributed by atoms with Crippen molar-refractivity contribution in [3.8, 4) is 0 Å². The Morgan fingerprint density at radius 3 is 2.67 bits per heavy atom. The molecule has 0 aromatic rings. The van der Waals surface area contributed by atoms with Gasteiger partial charge in [0.25, 0.3) is 0 Å². The van der Waals surface area contributed by atoms with Gasteiger partial charge in [0.15, 0.2) is 0 Å². The van der Waals surface area contributed by atoms with Crippen molar-refractivity contribution in [3.05, 3.63) is 0 Å². The van der Waals surface area contributed by atoms with Crippen LogP contribution in [0, 0.1) is 5.53 Å². The molecule has 0 aliphatic heterocycles. The van der Waals surface area contributed by atoms with Gasteiger partial charge in [0.2, 0.25) is 0 Å². The lowest BCUT2D eigenvalue weighted by Crippen LogP contribution is -2.09. The SMILES string of the molecule is N=NNCCO. The zero-order valence-electron chi connectivity index (χ0n) is 3.31.